The normalized spacial score (nSPS) is 15.2. The summed E-state index contributed by atoms with van der Waals surface area (Å²) in [5.41, 5.74) is 1.63. The lowest BCUT2D eigenvalue weighted by Gasteiger charge is -2.24. The van der Waals surface area contributed by atoms with E-state index in [1.54, 1.807) is 13.0 Å². The Labute approximate surface area is 125 Å². The Morgan fingerprint density at radius 2 is 2.14 bits per heavy atom. The van der Waals surface area contributed by atoms with E-state index in [1.807, 2.05) is 18.2 Å². The van der Waals surface area contributed by atoms with Crippen LogP contribution in [0.5, 0.6) is 0 Å². The predicted molar refractivity (Wildman–Crippen MR) is 80.5 cm³/mol. The highest BCUT2D eigenvalue weighted by Crippen LogP contribution is 2.25. The van der Waals surface area contributed by atoms with Gasteiger partial charge in [-0.05, 0) is 18.6 Å². The van der Waals surface area contributed by atoms with Crippen LogP contribution in [0.4, 0.5) is 5.69 Å². The van der Waals surface area contributed by atoms with Crippen LogP contribution in [0.1, 0.15) is 18.9 Å². The van der Waals surface area contributed by atoms with Crippen LogP contribution in [0.15, 0.2) is 24.3 Å². The van der Waals surface area contributed by atoms with Crippen molar-refractivity contribution in [1.82, 2.24) is 5.32 Å². The Morgan fingerprint density at radius 3 is 2.90 bits per heavy atom. The molecule has 2 rings (SSSR count). The van der Waals surface area contributed by atoms with Crippen LogP contribution in [0.25, 0.3) is 0 Å². The monoisotopic (exact) mass is 312 g/mol. The smallest absolute Gasteiger partial charge is 0.306 e. The van der Waals surface area contributed by atoms with Gasteiger partial charge in [0.1, 0.15) is 0 Å². The third-order valence-corrected chi connectivity index (χ3v) is 5.04. The molecule has 7 heteroatoms. The zero-order valence-electron chi connectivity index (χ0n) is 12.0. The maximum absolute atomic E-state index is 12.5. The van der Waals surface area contributed by atoms with Crippen LogP contribution in [0.3, 0.4) is 0 Å². The van der Waals surface area contributed by atoms with Gasteiger partial charge in [-0.3, -0.25) is 9.10 Å². The Hall–Kier alpha value is -1.60. The molecule has 0 radical (unpaired) electrons. The van der Waals surface area contributed by atoms with Crippen LogP contribution >= 0.6 is 0 Å². The van der Waals surface area contributed by atoms with Gasteiger partial charge in [0.05, 0.1) is 24.5 Å². The Kier molecular flexibility index (Phi) is 5.19. The predicted octanol–water partition coefficient (Wildman–Crippen LogP) is 0.879. The minimum atomic E-state index is -3.54. The Morgan fingerprint density at radius 1 is 1.38 bits per heavy atom. The van der Waals surface area contributed by atoms with Crippen molar-refractivity contribution in [1.29, 1.82) is 0 Å². The van der Waals surface area contributed by atoms with Crippen LogP contribution < -0.4 is 9.62 Å². The molecule has 0 saturated heterocycles. The van der Waals surface area contributed by atoms with Crippen molar-refractivity contribution in [3.63, 3.8) is 0 Å². The van der Waals surface area contributed by atoms with E-state index in [2.05, 4.69) is 5.32 Å². The Balaban J connectivity index is 2.17. The van der Waals surface area contributed by atoms with Gasteiger partial charge in [-0.2, -0.15) is 0 Å². The first-order chi connectivity index (χ1) is 10.0. The maximum atomic E-state index is 12.5. The van der Waals surface area contributed by atoms with E-state index in [1.165, 1.54) is 4.31 Å². The number of sulfonamides is 1. The lowest BCUT2D eigenvalue weighted by Crippen LogP contribution is -2.37. The number of rotatable bonds is 5. The van der Waals surface area contributed by atoms with Crippen molar-refractivity contribution >= 4 is 21.7 Å². The molecule has 0 aromatic heterocycles. The maximum Gasteiger partial charge on any atom is 0.306 e. The first-order valence-electron chi connectivity index (χ1n) is 6.99. The summed E-state index contributed by atoms with van der Waals surface area (Å²) < 4.78 is 31.2. The second-order valence-electron chi connectivity index (χ2n) is 4.75. The summed E-state index contributed by atoms with van der Waals surface area (Å²) in [6.45, 7) is 3.54. The molecule has 0 saturated carbocycles. The average molecular weight is 312 g/mol. The van der Waals surface area contributed by atoms with Crippen molar-refractivity contribution in [2.45, 2.75) is 19.9 Å². The number of esters is 1. The molecule has 1 aliphatic rings. The van der Waals surface area contributed by atoms with Gasteiger partial charge in [-0.25, -0.2) is 8.42 Å². The number of carbonyl (C=O) groups is 1. The molecular weight excluding hydrogens is 292 g/mol. The molecule has 1 aromatic carbocycles. The van der Waals surface area contributed by atoms with Crippen molar-refractivity contribution in [3.8, 4) is 0 Å². The summed E-state index contributed by atoms with van der Waals surface area (Å²) in [4.78, 5) is 11.4. The third-order valence-electron chi connectivity index (χ3n) is 3.27. The minimum absolute atomic E-state index is 0.123. The molecule has 0 amide bonds. The SMILES string of the molecule is CCOC(=O)CCS(=O)(=O)N1CCNCc2ccccc21. The molecule has 1 heterocycles. The van der Waals surface area contributed by atoms with Gasteiger partial charge < -0.3 is 10.1 Å². The van der Waals surface area contributed by atoms with E-state index in [-0.39, 0.29) is 18.8 Å². The zero-order valence-corrected chi connectivity index (χ0v) is 12.9. The molecule has 0 fully saturated rings. The molecule has 1 N–H and O–H groups in total. The summed E-state index contributed by atoms with van der Waals surface area (Å²) in [7, 11) is -3.54. The number of para-hydroxylation sites is 1. The lowest BCUT2D eigenvalue weighted by molar-refractivity contribution is -0.142. The summed E-state index contributed by atoms with van der Waals surface area (Å²) in [6.07, 6.45) is -0.123. The van der Waals surface area contributed by atoms with E-state index >= 15 is 0 Å². The fraction of sp³-hybridized carbons (Fsp3) is 0.500. The number of hydrogen-bond acceptors (Lipinski definition) is 5. The summed E-state index contributed by atoms with van der Waals surface area (Å²) >= 11 is 0. The molecule has 1 aromatic rings. The molecule has 6 nitrogen and oxygen atoms in total. The number of hydrogen-bond donors (Lipinski definition) is 1. The Bertz CT molecular complexity index is 601. The quantitative estimate of drug-likeness (QED) is 0.817. The van der Waals surface area contributed by atoms with Crippen LogP contribution in [0.2, 0.25) is 0 Å². The molecule has 116 valence electrons. The molecule has 0 aliphatic carbocycles. The van der Waals surface area contributed by atoms with E-state index in [0.29, 0.717) is 25.3 Å². The molecule has 0 atom stereocenters. The van der Waals surface area contributed by atoms with Crippen LogP contribution in [-0.4, -0.2) is 39.8 Å². The minimum Gasteiger partial charge on any atom is -0.466 e. The van der Waals surface area contributed by atoms with Crippen LogP contribution in [-0.2, 0) is 26.1 Å². The average Bonchev–Trinajstić information content (AvgIpc) is 2.68. The summed E-state index contributed by atoms with van der Waals surface area (Å²) in [5.74, 6) is -0.720. The second kappa shape index (κ2) is 6.91. The molecule has 1 aliphatic heterocycles. The van der Waals surface area contributed by atoms with Gasteiger partial charge in [0.15, 0.2) is 0 Å². The summed E-state index contributed by atoms with van der Waals surface area (Å²) in [6, 6.07) is 7.40. The van der Waals surface area contributed by atoms with E-state index in [9.17, 15) is 13.2 Å². The molecule has 0 unspecified atom stereocenters. The first-order valence-corrected chi connectivity index (χ1v) is 8.60. The van der Waals surface area contributed by atoms with Crippen molar-refractivity contribution in [2.24, 2.45) is 0 Å². The molecule has 0 bridgehead atoms. The van der Waals surface area contributed by atoms with Crippen molar-refractivity contribution < 1.29 is 17.9 Å². The molecular formula is C14H20N2O4S. The number of benzene rings is 1. The standard InChI is InChI=1S/C14H20N2O4S/c1-2-20-14(17)7-10-21(18,19)16-9-8-15-11-12-5-3-4-6-13(12)16/h3-6,15H,2,7-11H2,1H3. The number of anilines is 1. The van der Waals surface area contributed by atoms with Gasteiger partial charge in [-0.1, -0.05) is 18.2 Å². The lowest BCUT2D eigenvalue weighted by atomic mass is 10.2. The fourth-order valence-corrected chi connectivity index (χ4v) is 3.76. The molecule has 0 spiro atoms. The number of nitrogens with one attached hydrogen (secondary N) is 1. The number of carbonyl (C=O) groups excluding carboxylic acids is 1. The number of fused-ring (bicyclic) bond motifs is 1. The highest BCUT2D eigenvalue weighted by atomic mass is 32.2. The van der Waals surface area contributed by atoms with Gasteiger partial charge in [0.2, 0.25) is 10.0 Å². The third kappa shape index (κ3) is 3.95. The second-order valence-corrected chi connectivity index (χ2v) is 6.76. The highest BCUT2D eigenvalue weighted by molar-refractivity contribution is 7.92. The zero-order chi connectivity index (χ0) is 15.3. The number of nitrogens with zero attached hydrogens (tertiary/aromatic N) is 1. The summed E-state index contributed by atoms with van der Waals surface area (Å²) in [5, 5.41) is 3.19. The van der Waals surface area contributed by atoms with Crippen molar-refractivity contribution in [2.75, 3.05) is 29.8 Å². The van der Waals surface area contributed by atoms with E-state index in [0.717, 1.165) is 5.56 Å². The van der Waals surface area contributed by atoms with Gasteiger partial charge in [-0.15, -0.1) is 0 Å². The largest absolute Gasteiger partial charge is 0.466 e. The van der Waals surface area contributed by atoms with Crippen molar-refractivity contribution in [3.05, 3.63) is 29.8 Å². The highest BCUT2D eigenvalue weighted by Gasteiger charge is 2.26. The van der Waals surface area contributed by atoms with E-state index in [4.69, 9.17) is 4.74 Å². The van der Waals surface area contributed by atoms with E-state index < -0.39 is 16.0 Å². The first kappa shape index (κ1) is 15.8. The number of ether oxygens (including phenoxy) is 1. The van der Waals surface area contributed by atoms with Gasteiger partial charge in [0, 0.05) is 19.6 Å². The van der Waals surface area contributed by atoms with Crippen LogP contribution in [0, 0.1) is 0 Å². The fourth-order valence-electron chi connectivity index (χ4n) is 2.27. The topological polar surface area (TPSA) is 75.7 Å². The van der Waals surface area contributed by atoms with Gasteiger partial charge >= 0.3 is 5.97 Å². The molecule has 21 heavy (non-hydrogen) atoms. The van der Waals surface area contributed by atoms with Gasteiger partial charge in [0.25, 0.3) is 0 Å².